The van der Waals surface area contributed by atoms with Gasteiger partial charge in [0.15, 0.2) is 6.26 Å². The molecule has 1 aromatic heterocycles. The number of carbonyl (C=O) groups is 1. The number of H-pyrrole nitrogens is 1. The molecular weight excluding hydrogens is 204 g/mol. The molecule has 4 heteroatoms. The molecule has 0 saturated heterocycles. The molecule has 2 unspecified atom stereocenters. The molecule has 16 heavy (non-hydrogen) atoms. The second kappa shape index (κ2) is 5.14. The van der Waals surface area contributed by atoms with Gasteiger partial charge in [-0.3, -0.25) is 4.79 Å². The van der Waals surface area contributed by atoms with E-state index < -0.39 is 5.91 Å². The summed E-state index contributed by atoms with van der Waals surface area (Å²) in [4.78, 5) is 13.9. The Kier molecular flexibility index (Phi) is 4.10. The first kappa shape index (κ1) is 12.7. The minimum absolute atomic E-state index is 0.299. The number of amides is 1. The van der Waals surface area contributed by atoms with E-state index in [1.54, 1.807) is 0 Å². The van der Waals surface area contributed by atoms with Crippen LogP contribution in [0.25, 0.3) is 0 Å². The number of oxazole rings is 1. The zero-order valence-electron chi connectivity index (χ0n) is 10.4. The number of hydrogen-bond acceptors (Lipinski definition) is 2. The molecule has 0 saturated carbocycles. The van der Waals surface area contributed by atoms with E-state index in [0.717, 1.165) is 12.3 Å². The van der Waals surface area contributed by atoms with Gasteiger partial charge in [-0.25, -0.2) is 0 Å². The van der Waals surface area contributed by atoms with E-state index in [4.69, 9.17) is 10.2 Å². The quantitative estimate of drug-likeness (QED) is 0.832. The van der Waals surface area contributed by atoms with Crippen molar-refractivity contribution in [1.82, 2.24) is 0 Å². The highest BCUT2D eigenvalue weighted by atomic mass is 16.3. The number of rotatable bonds is 5. The molecule has 2 atom stereocenters. The second-order valence-electron chi connectivity index (χ2n) is 4.62. The van der Waals surface area contributed by atoms with Crippen molar-refractivity contribution in [2.75, 3.05) is 0 Å². The Morgan fingerprint density at radius 3 is 2.50 bits per heavy atom. The molecule has 0 spiro atoms. The van der Waals surface area contributed by atoms with Crippen LogP contribution in [0, 0.1) is 11.8 Å². The summed E-state index contributed by atoms with van der Waals surface area (Å²) < 4.78 is 5.39. The van der Waals surface area contributed by atoms with Gasteiger partial charge in [0.2, 0.25) is 0 Å². The largest absolute Gasteiger partial charge is 0.409 e. The molecule has 90 valence electrons. The molecule has 1 aromatic rings. The highest BCUT2D eigenvalue weighted by Crippen LogP contribution is 2.30. The Labute approximate surface area is 96.2 Å². The highest BCUT2D eigenvalue weighted by Gasteiger charge is 2.30. The van der Waals surface area contributed by atoms with Gasteiger partial charge in [0.25, 0.3) is 0 Å². The number of hydrogen-bond donors (Lipinski definition) is 1. The third kappa shape index (κ3) is 2.62. The lowest BCUT2D eigenvalue weighted by atomic mass is 9.83. The van der Waals surface area contributed by atoms with E-state index in [1.165, 1.54) is 6.26 Å². The normalized spacial score (nSPS) is 15.1. The fraction of sp³-hybridized carbons (Fsp3) is 0.667. The summed E-state index contributed by atoms with van der Waals surface area (Å²) in [6.07, 6.45) is 2.37. The predicted octanol–water partition coefficient (Wildman–Crippen LogP) is 1.98. The molecule has 0 aliphatic heterocycles. The maximum atomic E-state index is 11.0. The third-order valence-electron chi connectivity index (χ3n) is 3.29. The molecule has 1 rings (SSSR count). The zero-order valence-corrected chi connectivity index (χ0v) is 10.4. The molecule has 4 nitrogen and oxygen atoms in total. The van der Waals surface area contributed by atoms with Gasteiger partial charge in [-0.15, -0.1) is 0 Å². The smallest absolute Gasteiger partial charge is 0.349 e. The Hall–Kier alpha value is -1.32. The van der Waals surface area contributed by atoms with Crippen LogP contribution < -0.4 is 10.7 Å². The molecule has 1 amide bonds. The van der Waals surface area contributed by atoms with Gasteiger partial charge in [0.1, 0.15) is 0 Å². The van der Waals surface area contributed by atoms with Gasteiger partial charge in [-0.05, 0) is 18.3 Å². The minimum atomic E-state index is -0.484. The van der Waals surface area contributed by atoms with Gasteiger partial charge < -0.3 is 10.2 Å². The maximum Gasteiger partial charge on any atom is 0.349 e. The Morgan fingerprint density at radius 1 is 1.50 bits per heavy atom. The van der Waals surface area contributed by atoms with E-state index >= 15 is 0 Å². The van der Waals surface area contributed by atoms with E-state index in [-0.39, 0.29) is 0 Å². The van der Waals surface area contributed by atoms with Gasteiger partial charge in [-0.2, -0.15) is 4.98 Å². The van der Waals surface area contributed by atoms with Crippen LogP contribution in [0.3, 0.4) is 0 Å². The molecule has 0 fully saturated rings. The highest BCUT2D eigenvalue weighted by molar-refractivity contribution is 5.88. The minimum Gasteiger partial charge on any atom is -0.409 e. The van der Waals surface area contributed by atoms with Crippen LogP contribution in [0.4, 0.5) is 0 Å². The fourth-order valence-electron chi connectivity index (χ4n) is 1.87. The number of aromatic nitrogens is 1. The number of primary amides is 1. The molecule has 0 bridgehead atoms. The Morgan fingerprint density at radius 2 is 2.12 bits per heavy atom. The van der Waals surface area contributed by atoms with E-state index in [0.29, 0.717) is 23.4 Å². The topological polar surface area (TPSA) is 70.4 Å². The molecule has 3 N–H and O–H groups in total. The maximum absolute atomic E-state index is 11.0. The van der Waals surface area contributed by atoms with Crippen LogP contribution >= 0.6 is 0 Å². The summed E-state index contributed by atoms with van der Waals surface area (Å²) >= 11 is 0. The second-order valence-corrected chi connectivity index (χ2v) is 4.62. The van der Waals surface area contributed by atoms with Crippen molar-refractivity contribution in [2.45, 2.75) is 40.0 Å². The monoisotopic (exact) mass is 225 g/mol. The van der Waals surface area contributed by atoms with E-state index in [9.17, 15) is 4.79 Å². The predicted molar refractivity (Wildman–Crippen MR) is 60.8 cm³/mol. The Balaban J connectivity index is 2.91. The van der Waals surface area contributed by atoms with E-state index in [2.05, 4.69) is 32.7 Å². The number of nitrogens with two attached hydrogens (primary N) is 1. The molecule has 0 aliphatic carbocycles. The van der Waals surface area contributed by atoms with Crippen LogP contribution in [0.15, 0.2) is 10.7 Å². The van der Waals surface area contributed by atoms with Gasteiger partial charge in [-0.1, -0.05) is 27.7 Å². The lowest BCUT2D eigenvalue weighted by Crippen LogP contribution is -2.26. The number of carbonyl (C=O) groups excluding carboxylic acids is 1. The third-order valence-corrected chi connectivity index (χ3v) is 3.29. The fourth-order valence-corrected chi connectivity index (χ4v) is 1.87. The molecular formula is C12H21N2O2+. The first-order chi connectivity index (χ1) is 7.47. The van der Waals surface area contributed by atoms with Crippen LogP contribution in [-0.2, 0) is 0 Å². The van der Waals surface area contributed by atoms with Crippen LogP contribution in [0.5, 0.6) is 0 Å². The van der Waals surface area contributed by atoms with Crippen LogP contribution in [0.2, 0.25) is 0 Å². The van der Waals surface area contributed by atoms with Crippen molar-refractivity contribution in [3.8, 4) is 0 Å². The van der Waals surface area contributed by atoms with Crippen LogP contribution in [0.1, 0.15) is 56.4 Å². The summed E-state index contributed by atoms with van der Waals surface area (Å²) in [7, 11) is 0. The summed E-state index contributed by atoms with van der Waals surface area (Å²) in [5.41, 5.74) is 5.51. The SMILES string of the molecule is CCC(c1[nH+]c(C(N)=O)co1)C(C)C(C)C. The standard InChI is InChI=1S/C12H20N2O2/c1-5-9(8(4)7(2)3)12-14-10(6-16-12)11(13)15/h6-9H,5H2,1-4H3,(H2,13,15)/p+1. The van der Waals surface area contributed by atoms with Crippen LogP contribution in [-0.4, -0.2) is 5.91 Å². The number of nitrogens with one attached hydrogen (secondary N) is 1. The van der Waals surface area contributed by atoms with Crippen molar-refractivity contribution in [3.63, 3.8) is 0 Å². The molecule has 0 aromatic carbocycles. The summed E-state index contributed by atoms with van der Waals surface area (Å²) in [5, 5.41) is 0. The summed E-state index contributed by atoms with van der Waals surface area (Å²) in [6, 6.07) is 0. The van der Waals surface area contributed by atoms with Crippen molar-refractivity contribution in [1.29, 1.82) is 0 Å². The first-order valence-electron chi connectivity index (χ1n) is 5.77. The summed E-state index contributed by atoms with van der Waals surface area (Å²) in [5.74, 6) is 1.63. The lowest BCUT2D eigenvalue weighted by Gasteiger charge is -2.20. The summed E-state index contributed by atoms with van der Waals surface area (Å²) in [6.45, 7) is 8.68. The van der Waals surface area contributed by atoms with Gasteiger partial charge in [0.05, 0.1) is 5.92 Å². The van der Waals surface area contributed by atoms with Gasteiger partial charge in [0, 0.05) is 0 Å². The molecule has 1 heterocycles. The van der Waals surface area contributed by atoms with Crippen molar-refractivity contribution in [3.05, 3.63) is 17.8 Å². The number of aromatic amines is 1. The first-order valence-corrected chi connectivity index (χ1v) is 5.77. The van der Waals surface area contributed by atoms with Crippen molar-refractivity contribution in [2.24, 2.45) is 17.6 Å². The van der Waals surface area contributed by atoms with Crippen molar-refractivity contribution < 1.29 is 14.2 Å². The average molecular weight is 225 g/mol. The van der Waals surface area contributed by atoms with Crippen molar-refractivity contribution >= 4 is 5.91 Å². The molecule has 0 radical (unpaired) electrons. The zero-order chi connectivity index (χ0) is 12.3. The molecule has 0 aliphatic rings. The van der Waals surface area contributed by atoms with Gasteiger partial charge >= 0.3 is 17.5 Å². The van der Waals surface area contributed by atoms with E-state index in [1.807, 2.05) is 0 Å². The average Bonchev–Trinajstić information content (AvgIpc) is 2.68. The lowest BCUT2D eigenvalue weighted by molar-refractivity contribution is -0.405. The Bertz CT molecular complexity index is 358.